The van der Waals surface area contributed by atoms with Gasteiger partial charge in [0, 0.05) is 18.8 Å². The molecule has 0 unspecified atom stereocenters. The van der Waals surface area contributed by atoms with Crippen molar-refractivity contribution in [1.29, 1.82) is 0 Å². The molecule has 0 aromatic carbocycles. The van der Waals surface area contributed by atoms with E-state index in [0.717, 1.165) is 19.1 Å². The van der Waals surface area contributed by atoms with Crippen molar-refractivity contribution in [2.45, 2.75) is 56.9 Å². The number of hydrogen-bond donors (Lipinski definition) is 1. The lowest BCUT2D eigenvalue weighted by Crippen LogP contribution is -2.49. The molecule has 1 N–H and O–H groups in total. The Morgan fingerprint density at radius 1 is 1.13 bits per heavy atom. The van der Waals surface area contributed by atoms with Gasteiger partial charge in [-0.15, -0.1) is 0 Å². The minimum atomic E-state index is 0.403. The minimum Gasteiger partial charge on any atom is -0.381 e. The molecule has 15 heavy (non-hydrogen) atoms. The Kier molecular flexibility index (Phi) is 4.04. The van der Waals surface area contributed by atoms with Gasteiger partial charge in [-0.05, 0) is 32.2 Å². The van der Waals surface area contributed by atoms with Gasteiger partial charge in [0.1, 0.15) is 0 Å². The monoisotopic (exact) mass is 211 g/mol. The second-order valence-electron chi connectivity index (χ2n) is 5.35. The van der Waals surface area contributed by atoms with Gasteiger partial charge in [-0.2, -0.15) is 0 Å². The largest absolute Gasteiger partial charge is 0.381 e. The van der Waals surface area contributed by atoms with Crippen LogP contribution in [0.3, 0.4) is 0 Å². The highest BCUT2D eigenvalue weighted by Gasteiger charge is 2.33. The van der Waals surface area contributed by atoms with E-state index < -0.39 is 0 Å². The molecule has 1 heterocycles. The predicted octanol–water partition coefficient (Wildman–Crippen LogP) is 2.73. The summed E-state index contributed by atoms with van der Waals surface area (Å²) in [5.74, 6) is 0.976. The molecule has 2 fully saturated rings. The number of nitrogens with one attached hydrogen (secondary N) is 1. The third-order valence-corrected chi connectivity index (χ3v) is 4.38. The lowest BCUT2D eigenvalue weighted by molar-refractivity contribution is 0.0283. The summed E-state index contributed by atoms with van der Waals surface area (Å²) in [6.07, 6.45) is 11.1. The van der Waals surface area contributed by atoms with Crippen LogP contribution >= 0.6 is 0 Å². The predicted molar refractivity (Wildman–Crippen MR) is 63.0 cm³/mol. The van der Waals surface area contributed by atoms with Crippen molar-refractivity contribution in [2.75, 3.05) is 20.3 Å². The van der Waals surface area contributed by atoms with E-state index in [1.54, 1.807) is 0 Å². The van der Waals surface area contributed by atoms with Crippen molar-refractivity contribution >= 4 is 0 Å². The molecule has 0 spiro atoms. The maximum atomic E-state index is 5.48. The summed E-state index contributed by atoms with van der Waals surface area (Å²) in [7, 11) is 2.13. The number of ether oxygens (including phenoxy) is 1. The molecule has 0 radical (unpaired) electrons. The van der Waals surface area contributed by atoms with Gasteiger partial charge in [0.25, 0.3) is 0 Å². The summed E-state index contributed by atoms with van der Waals surface area (Å²) in [4.78, 5) is 0. The average molecular weight is 211 g/mol. The third kappa shape index (κ3) is 2.94. The van der Waals surface area contributed by atoms with Crippen LogP contribution in [0, 0.1) is 5.92 Å². The SMILES string of the molecule is CNC1(CC2CCCCC2)CCOCC1. The van der Waals surface area contributed by atoms with Gasteiger partial charge in [0.2, 0.25) is 0 Å². The second kappa shape index (κ2) is 5.31. The van der Waals surface area contributed by atoms with Gasteiger partial charge in [-0.3, -0.25) is 0 Å². The van der Waals surface area contributed by atoms with Crippen LogP contribution in [0.1, 0.15) is 51.4 Å². The molecule has 2 rings (SSSR count). The van der Waals surface area contributed by atoms with E-state index in [1.807, 2.05) is 0 Å². The van der Waals surface area contributed by atoms with Crippen LogP contribution in [0.2, 0.25) is 0 Å². The lowest BCUT2D eigenvalue weighted by Gasteiger charge is -2.40. The second-order valence-corrected chi connectivity index (χ2v) is 5.35. The van der Waals surface area contributed by atoms with Crippen molar-refractivity contribution in [3.05, 3.63) is 0 Å². The summed E-state index contributed by atoms with van der Waals surface area (Å²) in [5.41, 5.74) is 0.403. The molecule has 0 aromatic heterocycles. The highest BCUT2D eigenvalue weighted by Crippen LogP contribution is 2.34. The summed E-state index contributed by atoms with van der Waals surface area (Å²) in [5, 5.41) is 3.58. The van der Waals surface area contributed by atoms with E-state index >= 15 is 0 Å². The first kappa shape index (κ1) is 11.4. The van der Waals surface area contributed by atoms with Gasteiger partial charge in [-0.1, -0.05) is 32.1 Å². The van der Waals surface area contributed by atoms with Crippen LogP contribution in [0.4, 0.5) is 0 Å². The standard InChI is InChI=1S/C13H25NO/c1-14-13(7-9-15-10-8-13)11-12-5-3-2-4-6-12/h12,14H,2-11H2,1H3. The minimum absolute atomic E-state index is 0.403. The fourth-order valence-electron chi connectivity index (χ4n) is 3.26. The number of rotatable bonds is 3. The zero-order valence-electron chi connectivity index (χ0n) is 10.1. The highest BCUT2D eigenvalue weighted by molar-refractivity contribution is 4.91. The van der Waals surface area contributed by atoms with Crippen molar-refractivity contribution < 1.29 is 4.74 Å². The van der Waals surface area contributed by atoms with Crippen LogP contribution in [-0.4, -0.2) is 25.8 Å². The molecule has 2 heteroatoms. The molecule has 1 aliphatic heterocycles. The average Bonchev–Trinajstić information content (AvgIpc) is 2.32. The highest BCUT2D eigenvalue weighted by atomic mass is 16.5. The third-order valence-electron chi connectivity index (χ3n) is 4.38. The fourth-order valence-corrected chi connectivity index (χ4v) is 3.26. The first-order valence-electron chi connectivity index (χ1n) is 6.61. The quantitative estimate of drug-likeness (QED) is 0.775. The maximum Gasteiger partial charge on any atom is 0.0483 e. The molecular formula is C13H25NO. The molecule has 0 bridgehead atoms. The lowest BCUT2D eigenvalue weighted by atomic mass is 9.76. The Morgan fingerprint density at radius 2 is 1.80 bits per heavy atom. The Hall–Kier alpha value is -0.0800. The van der Waals surface area contributed by atoms with Gasteiger partial charge in [-0.25, -0.2) is 0 Å². The van der Waals surface area contributed by atoms with Crippen LogP contribution < -0.4 is 5.32 Å². The van der Waals surface area contributed by atoms with Crippen LogP contribution in [0.5, 0.6) is 0 Å². The number of hydrogen-bond acceptors (Lipinski definition) is 2. The van der Waals surface area contributed by atoms with E-state index in [0.29, 0.717) is 5.54 Å². The molecule has 0 aromatic rings. The first-order chi connectivity index (χ1) is 7.35. The maximum absolute atomic E-state index is 5.48. The zero-order valence-corrected chi connectivity index (χ0v) is 10.1. The summed E-state index contributed by atoms with van der Waals surface area (Å²) >= 11 is 0. The van der Waals surface area contributed by atoms with Gasteiger partial charge in [0.05, 0.1) is 0 Å². The summed E-state index contributed by atoms with van der Waals surface area (Å²) in [6, 6.07) is 0. The zero-order chi connectivity index (χ0) is 10.6. The molecule has 1 saturated heterocycles. The summed E-state index contributed by atoms with van der Waals surface area (Å²) < 4.78 is 5.48. The first-order valence-corrected chi connectivity index (χ1v) is 6.61. The normalized spacial score (nSPS) is 27.8. The van der Waals surface area contributed by atoms with E-state index in [4.69, 9.17) is 4.74 Å². The van der Waals surface area contributed by atoms with E-state index in [1.165, 1.54) is 51.4 Å². The van der Waals surface area contributed by atoms with Crippen LogP contribution in [0.15, 0.2) is 0 Å². The Labute approximate surface area is 93.8 Å². The molecule has 2 aliphatic rings. The molecule has 0 atom stereocenters. The van der Waals surface area contributed by atoms with Crippen LogP contribution in [0.25, 0.3) is 0 Å². The molecule has 88 valence electrons. The summed E-state index contributed by atoms with van der Waals surface area (Å²) in [6.45, 7) is 1.90. The van der Waals surface area contributed by atoms with E-state index in [-0.39, 0.29) is 0 Å². The van der Waals surface area contributed by atoms with Gasteiger partial charge in [0.15, 0.2) is 0 Å². The van der Waals surface area contributed by atoms with Gasteiger partial charge < -0.3 is 10.1 Å². The van der Waals surface area contributed by atoms with Crippen molar-refractivity contribution in [3.63, 3.8) is 0 Å². The fraction of sp³-hybridized carbons (Fsp3) is 1.00. The smallest absolute Gasteiger partial charge is 0.0483 e. The van der Waals surface area contributed by atoms with Crippen molar-refractivity contribution in [2.24, 2.45) is 5.92 Å². The van der Waals surface area contributed by atoms with Crippen molar-refractivity contribution in [1.82, 2.24) is 5.32 Å². The molecule has 1 aliphatic carbocycles. The Balaban J connectivity index is 1.87. The van der Waals surface area contributed by atoms with E-state index in [2.05, 4.69) is 12.4 Å². The Bertz CT molecular complexity index is 181. The van der Waals surface area contributed by atoms with Crippen LogP contribution in [-0.2, 0) is 4.74 Å². The molecule has 1 saturated carbocycles. The molecular weight excluding hydrogens is 186 g/mol. The van der Waals surface area contributed by atoms with Crippen molar-refractivity contribution in [3.8, 4) is 0 Å². The molecule has 0 amide bonds. The van der Waals surface area contributed by atoms with Gasteiger partial charge >= 0.3 is 0 Å². The topological polar surface area (TPSA) is 21.3 Å². The molecule has 2 nitrogen and oxygen atoms in total. The Morgan fingerprint density at radius 3 is 2.40 bits per heavy atom. The van der Waals surface area contributed by atoms with E-state index in [9.17, 15) is 0 Å².